The molecule has 1 unspecified atom stereocenters. The van der Waals surface area contributed by atoms with Gasteiger partial charge in [-0.05, 0) is 48.2 Å². The van der Waals surface area contributed by atoms with E-state index in [1.165, 1.54) is 5.56 Å². The molecule has 0 amide bonds. The minimum atomic E-state index is -0.352. The summed E-state index contributed by atoms with van der Waals surface area (Å²) in [5.74, 6) is 0.960. The van der Waals surface area contributed by atoms with E-state index in [0.29, 0.717) is 18.1 Å². The van der Waals surface area contributed by atoms with E-state index >= 15 is 0 Å². The molecule has 1 atom stereocenters. The van der Waals surface area contributed by atoms with Crippen LogP contribution < -0.4 is 15.2 Å². The van der Waals surface area contributed by atoms with Gasteiger partial charge in [0.25, 0.3) is 0 Å². The lowest BCUT2D eigenvalue weighted by Gasteiger charge is -2.24. The number of benzene rings is 2. The zero-order valence-corrected chi connectivity index (χ0v) is 17.1. The van der Waals surface area contributed by atoms with Gasteiger partial charge < -0.3 is 15.2 Å². The second-order valence-corrected chi connectivity index (χ2v) is 7.21. The van der Waals surface area contributed by atoms with E-state index in [4.69, 9.17) is 15.2 Å². The van der Waals surface area contributed by atoms with Crippen molar-refractivity contribution in [1.29, 1.82) is 5.26 Å². The SMILES string of the molecule is CCCOc1ccc(-c2[nH]nc3c2C(c2ccc(CC)cc2)C(C#N)=C(N)O3)cc1. The Bertz CT molecular complexity index is 1110. The number of nitrogens with zero attached hydrogens (tertiary/aromatic N) is 2. The number of hydrogen-bond donors (Lipinski definition) is 2. The van der Waals surface area contributed by atoms with Crippen molar-refractivity contribution in [3.8, 4) is 29.0 Å². The predicted molar refractivity (Wildman–Crippen MR) is 115 cm³/mol. The second-order valence-electron chi connectivity index (χ2n) is 7.21. The first-order chi connectivity index (χ1) is 14.7. The van der Waals surface area contributed by atoms with Crippen LogP contribution in [0.5, 0.6) is 11.6 Å². The third kappa shape index (κ3) is 3.50. The fraction of sp³-hybridized carbons (Fsp3) is 0.250. The van der Waals surface area contributed by atoms with Gasteiger partial charge in [-0.3, -0.25) is 5.10 Å². The normalized spacial score (nSPS) is 15.3. The van der Waals surface area contributed by atoms with Gasteiger partial charge in [-0.15, -0.1) is 5.10 Å². The van der Waals surface area contributed by atoms with E-state index in [1.54, 1.807) is 0 Å². The summed E-state index contributed by atoms with van der Waals surface area (Å²) in [5.41, 5.74) is 11.2. The van der Waals surface area contributed by atoms with Crippen LogP contribution in [0.15, 0.2) is 60.0 Å². The molecule has 3 aromatic rings. The molecule has 6 heteroatoms. The van der Waals surface area contributed by atoms with Crippen LogP contribution in [0.4, 0.5) is 0 Å². The van der Waals surface area contributed by atoms with E-state index in [9.17, 15) is 5.26 Å². The Labute approximate surface area is 175 Å². The van der Waals surface area contributed by atoms with E-state index < -0.39 is 0 Å². The Morgan fingerprint density at radius 3 is 2.50 bits per heavy atom. The van der Waals surface area contributed by atoms with E-state index in [0.717, 1.165) is 41.0 Å². The number of fused-ring (bicyclic) bond motifs is 1. The molecule has 3 N–H and O–H groups in total. The number of rotatable bonds is 6. The minimum absolute atomic E-state index is 0.0935. The number of aromatic amines is 1. The molecule has 1 aromatic heterocycles. The molecule has 30 heavy (non-hydrogen) atoms. The Balaban J connectivity index is 1.79. The van der Waals surface area contributed by atoms with Gasteiger partial charge >= 0.3 is 0 Å². The summed E-state index contributed by atoms with van der Waals surface area (Å²) >= 11 is 0. The highest BCUT2D eigenvalue weighted by atomic mass is 16.5. The van der Waals surface area contributed by atoms with E-state index in [2.05, 4.69) is 42.2 Å². The van der Waals surface area contributed by atoms with Crippen LogP contribution in [0.25, 0.3) is 11.3 Å². The molecule has 0 radical (unpaired) electrons. The van der Waals surface area contributed by atoms with Crippen molar-refractivity contribution >= 4 is 0 Å². The van der Waals surface area contributed by atoms with Crippen molar-refractivity contribution in [1.82, 2.24) is 10.2 Å². The highest BCUT2D eigenvalue weighted by molar-refractivity contribution is 5.71. The maximum Gasteiger partial charge on any atom is 0.244 e. The quantitative estimate of drug-likeness (QED) is 0.628. The van der Waals surface area contributed by atoms with Crippen molar-refractivity contribution in [3.05, 3.63) is 76.7 Å². The van der Waals surface area contributed by atoms with Gasteiger partial charge in [-0.1, -0.05) is 38.1 Å². The number of aromatic nitrogens is 2. The topological polar surface area (TPSA) is 97.0 Å². The molecule has 2 aromatic carbocycles. The maximum absolute atomic E-state index is 9.82. The number of H-pyrrole nitrogens is 1. The van der Waals surface area contributed by atoms with Crippen molar-refractivity contribution in [2.75, 3.05) is 6.61 Å². The van der Waals surface area contributed by atoms with Gasteiger partial charge in [0.1, 0.15) is 17.4 Å². The van der Waals surface area contributed by atoms with Crippen molar-refractivity contribution in [3.63, 3.8) is 0 Å². The summed E-state index contributed by atoms with van der Waals surface area (Å²) in [6.07, 6.45) is 1.90. The standard InChI is InChI=1S/C24H24N4O2/c1-3-13-29-18-11-9-17(10-12-18)22-21-20(16-7-5-15(4-2)6-8-16)19(14-25)23(26)30-24(21)28-27-22/h5-12,20H,3-4,13,26H2,1-2H3,(H,27,28). The maximum atomic E-state index is 9.82. The van der Waals surface area contributed by atoms with Crippen LogP contribution in [0, 0.1) is 11.3 Å². The van der Waals surface area contributed by atoms with Crippen molar-refractivity contribution in [2.45, 2.75) is 32.6 Å². The summed E-state index contributed by atoms with van der Waals surface area (Å²) in [6, 6.07) is 18.3. The molecular formula is C24H24N4O2. The number of allylic oxidation sites excluding steroid dienone is 1. The fourth-order valence-electron chi connectivity index (χ4n) is 3.68. The van der Waals surface area contributed by atoms with Gasteiger partial charge in [0.2, 0.25) is 11.8 Å². The number of nitrogens with one attached hydrogen (secondary N) is 1. The predicted octanol–water partition coefficient (Wildman–Crippen LogP) is 4.65. The molecule has 0 saturated heterocycles. The number of hydrogen-bond acceptors (Lipinski definition) is 5. The zero-order chi connectivity index (χ0) is 21.1. The molecule has 152 valence electrons. The molecule has 1 aliphatic rings. The smallest absolute Gasteiger partial charge is 0.244 e. The van der Waals surface area contributed by atoms with Crippen molar-refractivity contribution in [2.24, 2.45) is 5.73 Å². The van der Waals surface area contributed by atoms with Crippen LogP contribution in [-0.4, -0.2) is 16.8 Å². The second kappa shape index (κ2) is 8.34. The molecule has 0 aliphatic carbocycles. The lowest BCUT2D eigenvalue weighted by molar-refractivity contribution is 0.317. The van der Waals surface area contributed by atoms with Gasteiger partial charge in [-0.25, -0.2) is 0 Å². The van der Waals surface area contributed by atoms with Crippen LogP contribution >= 0.6 is 0 Å². The van der Waals surface area contributed by atoms with E-state index in [-0.39, 0.29) is 11.8 Å². The Morgan fingerprint density at radius 2 is 1.87 bits per heavy atom. The number of aryl methyl sites for hydroxylation is 1. The van der Waals surface area contributed by atoms with Gasteiger partial charge in [-0.2, -0.15) is 5.26 Å². The molecule has 0 fully saturated rings. The molecule has 2 heterocycles. The fourth-order valence-corrected chi connectivity index (χ4v) is 3.68. The average molecular weight is 400 g/mol. The summed E-state index contributed by atoms with van der Waals surface area (Å²) in [4.78, 5) is 0. The number of nitrogens with two attached hydrogens (primary N) is 1. The lowest BCUT2D eigenvalue weighted by atomic mass is 9.82. The number of nitriles is 1. The first kappa shape index (κ1) is 19.6. The minimum Gasteiger partial charge on any atom is -0.494 e. The molecule has 0 spiro atoms. The summed E-state index contributed by atoms with van der Waals surface area (Å²) < 4.78 is 11.4. The first-order valence-electron chi connectivity index (χ1n) is 10.1. The average Bonchev–Trinajstić information content (AvgIpc) is 3.20. The van der Waals surface area contributed by atoms with Crippen LogP contribution in [0.1, 0.15) is 42.9 Å². The molecule has 6 nitrogen and oxygen atoms in total. The Kier molecular flexibility index (Phi) is 5.44. The van der Waals surface area contributed by atoms with E-state index in [1.807, 2.05) is 36.4 Å². The van der Waals surface area contributed by atoms with Gasteiger partial charge in [0, 0.05) is 5.56 Å². The monoisotopic (exact) mass is 400 g/mol. The summed E-state index contributed by atoms with van der Waals surface area (Å²) in [6.45, 7) is 4.87. The van der Waals surface area contributed by atoms with Gasteiger partial charge in [0.05, 0.1) is 23.8 Å². The largest absolute Gasteiger partial charge is 0.494 e. The van der Waals surface area contributed by atoms with Crippen LogP contribution in [-0.2, 0) is 6.42 Å². The highest BCUT2D eigenvalue weighted by Gasteiger charge is 2.35. The van der Waals surface area contributed by atoms with Crippen LogP contribution in [0.3, 0.4) is 0 Å². The Morgan fingerprint density at radius 1 is 1.13 bits per heavy atom. The third-order valence-corrected chi connectivity index (χ3v) is 5.28. The first-order valence-corrected chi connectivity index (χ1v) is 10.1. The van der Waals surface area contributed by atoms with Gasteiger partial charge in [0.15, 0.2) is 0 Å². The zero-order valence-electron chi connectivity index (χ0n) is 17.1. The number of ether oxygens (including phenoxy) is 2. The molecule has 0 saturated carbocycles. The third-order valence-electron chi connectivity index (χ3n) is 5.28. The summed E-state index contributed by atoms with van der Waals surface area (Å²) in [7, 11) is 0. The molecule has 1 aliphatic heterocycles. The molecule has 0 bridgehead atoms. The molecular weight excluding hydrogens is 376 g/mol. The lowest BCUT2D eigenvalue weighted by Crippen LogP contribution is -2.21. The highest BCUT2D eigenvalue weighted by Crippen LogP contribution is 2.45. The molecule has 4 rings (SSSR count). The van der Waals surface area contributed by atoms with Crippen LogP contribution in [0.2, 0.25) is 0 Å². The van der Waals surface area contributed by atoms with Crippen molar-refractivity contribution < 1.29 is 9.47 Å². The summed E-state index contributed by atoms with van der Waals surface area (Å²) in [5, 5.41) is 17.2. The Hall–Kier alpha value is -3.72.